The number of nitrogens with zero attached hydrogens (tertiary/aromatic N) is 1. The third-order valence-electron chi connectivity index (χ3n) is 3.23. The second-order valence-electron chi connectivity index (χ2n) is 4.28. The van der Waals surface area contributed by atoms with Gasteiger partial charge in [-0.2, -0.15) is 0 Å². The fraction of sp³-hybridized carbons (Fsp3) is 0.900. The Morgan fingerprint density at radius 2 is 2.36 bits per heavy atom. The van der Waals surface area contributed by atoms with Crippen LogP contribution in [0.5, 0.6) is 0 Å². The van der Waals surface area contributed by atoms with Crippen molar-refractivity contribution in [3.05, 3.63) is 0 Å². The zero-order valence-corrected chi connectivity index (χ0v) is 8.34. The van der Waals surface area contributed by atoms with Crippen molar-refractivity contribution in [1.29, 1.82) is 0 Å². The van der Waals surface area contributed by atoms with Gasteiger partial charge in [0, 0.05) is 25.6 Å². The maximum Gasteiger partial charge on any atom is 0.227 e. The summed E-state index contributed by atoms with van der Waals surface area (Å²) >= 11 is 0. The van der Waals surface area contributed by atoms with Gasteiger partial charge in [-0.3, -0.25) is 9.18 Å². The Bertz CT molecular complexity index is 216. The Labute approximate surface area is 83.6 Å². The molecule has 1 amide bonds. The third-order valence-corrected chi connectivity index (χ3v) is 3.23. The van der Waals surface area contributed by atoms with Gasteiger partial charge < -0.3 is 10.2 Å². The lowest BCUT2D eigenvalue weighted by Gasteiger charge is -2.19. The molecule has 1 N–H and O–H groups in total. The van der Waals surface area contributed by atoms with Crippen molar-refractivity contribution in [2.24, 2.45) is 11.8 Å². The minimum atomic E-state index is -0.285. The van der Waals surface area contributed by atoms with Gasteiger partial charge in [0.15, 0.2) is 0 Å². The largest absolute Gasteiger partial charge is 0.342 e. The molecular weight excluding hydrogens is 183 g/mol. The van der Waals surface area contributed by atoms with Crippen LogP contribution in [-0.2, 0) is 4.79 Å². The fourth-order valence-electron chi connectivity index (χ4n) is 2.28. The van der Waals surface area contributed by atoms with E-state index in [1.165, 1.54) is 0 Å². The minimum Gasteiger partial charge on any atom is -0.342 e. The molecule has 0 aromatic carbocycles. The van der Waals surface area contributed by atoms with Gasteiger partial charge in [-0.15, -0.1) is 0 Å². The molecule has 0 aromatic heterocycles. The van der Waals surface area contributed by atoms with Crippen molar-refractivity contribution >= 4 is 5.91 Å². The van der Waals surface area contributed by atoms with Crippen LogP contribution in [0.4, 0.5) is 4.39 Å². The molecule has 0 unspecified atom stereocenters. The number of nitrogens with one attached hydrogen (secondary N) is 1. The number of alkyl halides is 1. The van der Waals surface area contributed by atoms with Crippen molar-refractivity contribution in [1.82, 2.24) is 10.2 Å². The minimum absolute atomic E-state index is 0.0910. The number of carbonyl (C=O) groups is 1. The Balaban J connectivity index is 1.86. The van der Waals surface area contributed by atoms with E-state index in [9.17, 15) is 9.18 Å². The predicted octanol–water partition coefficient (Wildman–Crippen LogP) is 0.414. The third kappa shape index (κ3) is 1.90. The van der Waals surface area contributed by atoms with E-state index in [0.717, 1.165) is 32.5 Å². The first kappa shape index (κ1) is 9.90. The first-order valence-electron chi connectivity index (χ1n) is 5.36. The maximum absolute atomic E-state index is 12.4. The van der Waals surface area contributed by atoms with Crippen LogP contribution in [-0.4, -0.2) is 43.7 Å². The van der Waals surface area contributed by atoms with E-state index in [4.69, 9.17) is 0 Å². The summed E-state index contributed by atoms with van der Waals surface area (Å²) in [6.45, 7) is 2.84. The number of likely N-dealkylation sites (tertiary alicyclic amines) is 1. The fourth-order valence-corrected chi connectivity index (χ4v) is 2.28. The van der Waals surface area contributed by atoms with E-state index in [0.29, 0.717) is 6.54 Å². The number of hydrogen-bond donors (Lipinski definition) is 1. The molecule has 14 heavy (non-hydrogen) atoms. The summed E-state index contributed by atoms with van der Waals surface area (Å²) in [7, 11) is 0. The van der Waals surface area contributed by atoms with E-state index < -0.39 is 0 Å². The average molecular weight is 200 g/mol. The molecule has 2 heterocycles. The van der Waals surface area contributed by atoms with Crippen molar-refractivity contribution in [3.8, 4) is 0 Å². The van der Waals surface area contributed by atoms with E-state index >= 15 is 0 Å². The molecule has 0 bridgehead atoms. The highest BCUT2D eigenvalue weighted by Crippen LogP contribution is 2.20. The Morgan fingerprint density at radius 1 is 1.50 bits per heavy atom. The summed E-state index contributed by atoms with van der Waals surface area (Å²) in [5.41, 5.74) is 0. The second-order valence-corrected chi connectivity index (χ2v) is 4.28. The van der Waals surface area contributed by atoms with E-state index in [2.05, 4.69) is 5.32 Å². The molecule has 2 aliphatic heterocycles. The van der Waals surface area contributed by atoms with E-state index in [1.54, 1.807) is 0 Å². The van der Waals surface area contributed by atoms with Crippen LogP contribution in [0.15, 0.2) is 0 Å². The number of rotatable bonds is 2. The normalized spacial score (nSPS) is 32.5. The Morgan fingerprint density at radius 3 is 2.93 bits per heavy atom. The monoisotopic (exact) mass is 200 g/mol. The first-order valence-corrected chi connectivity index (χ1v) is 5.36. The Hall–Kier alpha value is -0.640. The van der Waals surface area contributed by atoms with Crippen molar-refractivity contribution in [3.63, 3.8) is 0 Å². The summed E-state index contributed by atoms with van der Waals surface area (Å²) in [6, 6.07) is 0. The summed E-state index contributed by atoms with van der Waals surface area (Å²) in [5.74, 6) is 0.465. The zero-order valence-electron chi connectivity index (χ0n) is 8.34. The van der Waals surface area contributed by atoms with Crippen LogP contribution in [0.3, 0.4) is 0 Å². The van der Waals surface area contributed by atoms with Gasteiger partial charge in [-0.1, -0.05) is 0 Å². The molecular formula is C10H17FN2O. The molecule has 0 saturated carbocycles. The number of halogens is 1. The quantitative estimate of drug-likeness (QED) is 0.700. The summed E-state index contributed by atoms with van der Waals surface area (Å²) in [4.78, 5) is 13.7. The predicted molar refractivity (Wildman–Crippen MR) is 51.6 cm³/mol. The molecule has 2 fully saturated rings. The maximum atomic E-state index is 12.4. The van der Waals surface area contributed by atoms with Crippen molar-refractivity contribution in [2.75, 3.05) is 32.9 Å². The molecule has 2 saturated heterocycles. The molecule has 4 heteroatoms. The van der Waals surface area contributed by atoms with Crippen LogP contribution in [0.1, 0.15) is 12.8 Å². The van der Waals surface area contributed by atoms with Crippen LogP contribution >= 0.6 is 0 Å². The van der Waals surface area contributed by atoms with Crippen LogP contribution in [0.2, 0.25) is 0 Å². The topological polar surface area (TPSA) is 32.3 Å². The standard InChI is InChI=1S/C10H17FN2O/c11-5-8-2-4-13(7-8)10(14)9-1-3-12-6-9/h8-9,12H,1-7H2/t8-,9-/m1/s1. The molecule has 0 aromatic rings. The summed E-state index contributed by atoms with van der Waals surface area (Å²) < 4.78 is 12.4. The summed E-state index contributed by atoms with van der Waals surface area (Å²) in [6.07, 6.45) is 1.78. The van der Waals surface area contributed by atoms with Crippen LogP contribution in [0.25, 0.3) is 0 Å². The van der Waals surface area contributed by atoms with Gasteiger partial charge in [0.2, 0.25) is 5.91 Å². The molecule has 2 aliphatic rings. The molecule has 0 spiro atoms. The SMILES string of the molecule is O=C([C@@H]1CCNC1)N1CC[C@H](CF)C1. The van der Waals surface area contributed by atoms with Crippen LogP contribution in [0, 0.1) is 11.8 Å². The Kier molecular flexibility index (Phi) is 3.01. The first-order chi connectivity index (χ1) is 6.81. The van der Waals surface area contributed by atoms with Crippen LogP contribution < -0.4 is 5.32 Å². The van der Waals surface area contributed by atoms with E-state index in [1.807, 2.05) is 4.90 Å². The van der Waals surface area contributed by atoms with Gasteiger partial charge >= 0.3 is 0 Å². The highest BCUT2D eigenvalue weighted by Gasteiger charge is 2.31. The lowest BCUT2D eigenvalue weighted by molar-refractivity contribution is -0.133. The van der Waals surface area contributed by atoms with Gasteiger partial charge in [0.05, 0.1) is 12.6 Å². The average Bonchev–Trinajstić information content (AvgIpc) is 2.88. The highest BCUT2D eigenvalue weighted by molar-refractivity contribution is 5.79. The molecule has 80 valence electrons. The van der Waals surface area contributed by atoms with E-state index in [-0.39, 0.29) is 24.4 Å². The van der Waals surface area contributed by atoms with Crippen molar-refractivity contribution in [2.45, 2.75) is 12.8 Å². The number of hydrogen-bond acceptors (Lipinski definition) is 2. The zero-order chi connectivity index (χ0) is 9.97. The van der Waals surface area contributed by atoms with Crippen molar-refractivity contribution < 1.29 is 9.18 Å². The molecule has 0 aliphatic carbocycles. The molecule has 3 nitrogen and oxygen atoms in total. The lowest BCUT2D eigenvalue weighted by Crippen LogP contribution is -2.35. The smallest absolute Gasteiger partial charge is 0.227 e. The van der Waals surface area contributed by atoms with Gasteiger partial charge in [0.25, 0.3) is 0 Å². The molecule has 2 atom stereocenters. The van der Waals surface area contributed by atoms with Gasteiger partial charge in [-0.25, -0.2) is 0 Å². The highest BCUT2D eigenvalue weighted by atomic mass is 19.1. The summed E-state index contributed by atoms with van der Waals surface area (Å²) in [5, 5.41) is 3.18. The molecule has 2 rings (SSSR count). The number of carbonyl (C=O) groups excluding carboxylic acids is 1. The number of amides is 1. The van der Waals surface area contributed by atoms with Gasteiger partial charge in [-0.05, 0) is 19.4 Å². The molecule has 0 radical (unpaired) electrons. The second kappa shape index (κ2) is 4.26. The lowest BCUT2D eigenvalue weighted by atomic mass is 10.1. The van der Waals surface area contributed by atoms with Gasteiger partial charge in [0.1, 0.15) is 0 Å².